The summed E-state index contributed by atoms with van der Waals surface area (Å²) in [6.07, 6.45) is 0. The topological polar surface area (TPSA) is 18.5 Å². The normalized spacial score (nSPS) is 11.2. The zero-order chi connectivity index (χ0) is 14.6. The standard InChI is InChI=1S/C18H22O2/c1-18(2,3)15-10-11-17(19-4)14(12-15)13-20-16-8-6-5-7-9-16/h5-12H,13H2,1-4H3. The Bertz CT molecular complexity index is 553. The molecule has 0 bridgehead atoms. The molecule has 2 heteroatoms. The first-order valence-corrected chi connectivity index (χ1v) is 6.86. The fourth-order valence-electron chi connectivity index (χ4n) is 2.04. The van der Waals surface area contributed by atoms with E-state index < -0.39 is 0 Å². The van der Waals surface area contributed by atoms with Gasteiger partial charge in [0.05, 0.1) is 7.11 Å². The maximum atomic E-state index is 5.82. The highest BCUT2D eigenvalue weighted by Gasteiger charge is 2.16. The molecule has 0 aliphatic rings. The summed E-state index contributed by atoms with van der Waals surface area (Å²) in [6.45, 7) is 7.13. The van der Waals surface area contributed by atoms with Crippen LogP contribution in [0.3, 0.4) is 0 Å². The van der Waals surface area contributed by atoms with Crippen LogP contribution >= 0.6 is 0 Å². The van der Waals surface area contributed by atoms with E-state index in [1.807, 2.05) is 36.4 Å². The Morgan fingerprint density at radius 3 is 2.25 bits per heavy atom. The van der Waals surface area contributed by atoms with Gasteiger partial charge in [0.25, 0.3) is 0 Å². The van der Waals surface area contributed by atoms with Crippen LogP contribution in [0, 0.1) is 0 Å². The van der Waals surface area contributed by atoms with Crippen molar-refractivity contribution in [2.75, 3.05) is 7.11 Å². The summed E-state index contributed by atoms with van der Waals surface area (Å²) in [7, 11) is 1.69. The number of hydrogen-bond donors (Lipinski definition) is 0. The average Bonchev–Trinajstić information content (AvgIpc) is 2.45. The summed E-state index contributed by atoms with van der Waals surface area (Å²) in [5.74, 6) is 1.74. The van der Waals surface area contributed by atoms with Gasteiger partial charge in [-0.3, -0.25) is 0 Å². The Morgan fingerprint density at radius 1 is 0.950 bits per heavy atom. The van der Waals surface area contributed by atoms with Gasteiger partial charge in [-0.05, 0) is 35.2 Å². The maximum absolute atomic E-state index is 5.82. The first-order valence-electron chi connectivity index (χ1n) is 6.86. The summed E-state index contributed by atoms with van der Waals surface area (Å²) in [5.41, 5.74) is 2.47. The van der Waals surface area contributed by atoms with Crippen molar-refractivity contribution in [2.24, 2.45) is 0 Å². The molecule has 0 spiro atoms. The lowest BCUT2D eigenvalue weighted by molar-refractivity contribution is 0.296. The maximum Gasteiger partial charge on any atom is 0.125 e. The molecule has 0 saturated carbocycles. The Hall–Kier alpha value is -1.96. The Kier molecular flexibility index (Phi) is 4.33. The lowest BCUT2D eigenvalue weighted by atomic mass is 9.86. The monoisotopic (exact) mass is 270 g/mol. The highest BCUT2D eigenvalue weighted by atomic mass is 16.5. The highest BCUT2D eigenvalue weighted by molar-refractivity contribution is 5.39. The summed E-state index contributed by atoms with van der Waals surface area (Å²) in [6, 6.07) is 16.1. The van der Waals surface area contributed by atoms with E-state index in [-0.39, 0.29) is 5.41 Å². The quantitative estimate of drug-likeness (QED) is 0.810. The third-order valence-corrected chi connectivity index (χ3v) is 3.28. The molecule has 0 N–H and O–H groups in total. The molecule has 0 aromatic heterocycles. The van der Waals surface area contributed by atoms with E-state index in [1.54, 1.807) is 7.11 Å². The molecule has 0 amide bonds. The third kappa shape index (κ3) is 3.53. The molecule has 2 aromatic rings. The molecule has 0 unspecified atom stereocenters. The van der Waals surface area contributed by atoms with Crippen LogP contribution < -0.4 is 9.47 Å². The Morgan fingerprint density at radius 2 is 1.65 bits per heavy atom. The van der Waals surface area contributed by atoms with Gasteiger partial charge in [0.15, 0.2) is 0 Å². The van der Waals surface area contributed by atoms with Gasteiger partial charge < -0.3 is 9.47 Å². The van der Waals surface area contributed by atoms with Crippen LogP contribution in [0.25, 0.3) is 0 Å². The zero-order valence-corrected chi connectivity index (χ0v) is 12.6. The van der Waals surface area contributed by atoms with Gasteiger partial charge in [0.2, 0.25) is 0 Å². The molecule has 0 heterocycles. The van der Waals surface area contributed by atoms with Crippen LogP contribution in [-0.2, 0) is 12.0 Å². The van der Waals surface area contributed by atoms with Crippen molar-refractivity contribution in [1.82, 2.24) is 0 Å². The van der Waals surface area contributed by atoms with Crippen LogP contribution in [0.1, 0.15) is 31.9 Å². The number of para-hydroxylation sites is 1. The number of benzene rings is 2. The summed E-state index contributed by atoms with van der Waals surface area (Å²) >= 11 is 0. The van der Waals surface area contributed by atoms with Gasteiger partial charge in [-0.25, -0.2) is 0 Å². The van der Waals surface area contributed by atoms with Crippen LogP contribution in [0.2, 0.25) is 0 Å². The molecule has 0 aliphatic carbocycles. The van der Waals surface area contributed by atoms with Gasteiger partial charge in [-0.2, -0.15) is 0 Å². The van der Waals surface area contributed by atoms with E-state index in [0.29, 0.717) is 6.61 Å². The molecule has 0 aliphatic heterocycles. The van der Waals surface area contributed by atoms with Crippen LogP contribution in [0.15, 0.2) is 48.5 Å². The van der Waals surface area contributed by atoms with Crippen molar-refractivity contribution in [3.8, 4) is 11.5 Å². The molecule has 20 heavy (non-hydrogen) atoms. The summed E-state index contributed by atoms with van der Waals surface area (Å²) < 4.78 is 11.2. The fourth-order valence-corrected chi connectivity index (χ4v) is 2.04. The highest BCUT2D eigenvalue weighted by Crippen LogP contribution is 2.28. The van der Waals surface area contributed by atoms with Gasteiger partial charge in [-0.1, -0.05) is 45.0 Å². The number of ether oxygens (including phenoxy) is 2. The van der Waals surface area contributed by atoms with E-state index in [4.69, 9.17) is 9.47 Å². The minimum Gasteiger partial charge on any atom is -0.496 e. The minimum absolute atomic E-state index is 0.119. The molecule has 0 fully saturated rings. The largest absolute Gasteiger partial charge is 0.496 e. The van der Waals surface area contributed by atoms with E-state index in [2.05, 4.69) is 32.9 Å². The van der Waals surface area contributed by atoms with E-state index in [1.165, 1.54) is 5.56 Å². The molecular formula is C18H22O2. The molecular weight excluding hydrogens is 248 g/mol. The predicted octanol–water partition coefficient (Wildman–Crippen LogP) is 4.57. The van der Waals surface area contributed by atoms with Crippen molar-refractivity contribution in [1.29, 1.82) is 0 Å². The smallest absolute Gasteiger partial charge is 0.125 e. The van der Waals surface area contributed by atoms with Crippen LogP contribution in [0.4, 0.5) is 0 Å². The van der Waals surface area contributed by atoms with Gasteiger partial charge >= 0.3 is 0 Å². The fraction of sp³-hybridized carbons (Fsp3) is 0.333. The average molecular weight is 270 g/mol. The Labute approximate surface area is 121 Å². The SMILES string of the molecule is COc1ccc(C(C)(C)C)cc1COc1ccccc1. The van der Waals surface area contributed by atoms with Crippen molar-refractivity contribution < 1.29 is 9.47 Å². The zero-order valence-electron chi connectivity index (χ0n) is 12.6. The van der Waals surface area contributed by atoms with Gasteiger partial charge in [-0.15, -0.1) is 0 Å². The van der Waals surface area contributed by atoms with Crippen LogP contribution in [0.5, 0.6) is 11.5 Å². The number of rotatable bonds is 4. The second-order valence-corrected chi connectivity index (χ2v) is 5.88. The molecule has 0 saturated heterocycles. The lowest BCUT2D eigenvalue weighted by Gasteiger charge is -2.21. The second kappa shape index (κ2) is 6.00. The van der Waals surface area contributed by atoms with Gasteiger partial charge in [0, 0.05) is 5.56 Å². The predicted molar refractivity (Wildman–Crippen MR) is 82.5 cm³/mol. The van der Waals surface area contributed by atoms with E-state index in [9.17, 15) is 0 Å². The van der Waals surface area contributed by atoms with Crippen molar-refractivity contribution in [3.63, 3.8) is 0 Å². The Balaban J connectivity index is 2.21. The summed E-state index contributed by atoms with van der Waals surface area (Å²) in [5, 5.41) is 0. The van der Waals surface area contributed by atoms with Crippen LogP contribution in [-0.4, -0.2) is 7.11 Å². The van der Waals surface area contributed by atoms with E-state index >= 15 is 0 Å². The third-order valence-electron chi connectivity index (χ3n) is 3.28. The van der Waals surface area contributed by atoms with Crippen molar-refractivity contribution in [2.45, 2.75) is 32.8 Å². The van der Waals surface area contributed by atoms with Crippen molar-refractivity contribution >= 4 is 0 Å². The molecule has 0 radical (unpaired) electrons. The van der Waals surface area contributed by atoms with E-state index in [0.717, 1.165) is 17.1 Å². The first kappa shape index (κ1) is 14.4. The molecule has 106 valence electrons. The van der Waals surface area contributed by atoms with Crippen molar-refractivity contribution in [3.05, 3.63) is 59.7 Å². The lowest BCUT2D eigenvalue weighted by Crippen LogP contribution is -2.12. The second-order valence-electron chi connectivity index (χ2n) is 5.88. The summed E-state index contributed by atoms with van der Waals surface area (Å²) in [4.78, 5) is 0. The molecule has 2 rings (SSSR count). The van der Waals surface area contributed by atoms with Gasteiger partial charge in [0.1, 0.15) is 18.1 Å². The minimum atomic E-state index is 0.119. The molecule has 2 aromatic carbocycles. The molecule has 2 nitrogen and oxygen atoms in total. The number of hydrogen-bond acceptors (Lipinski definition) is 2. The molecule has 0 atom stereocenters. The first-order chi connectivity index (χ1) is 9.50. The number of methoxy groups -OCH3 is 1.